The number of nitrogens with one attached hydrogen (secondary N) is 1. The molecule has 1 N–H and O–H groups in total. The number of halogens is 3. The van der Waals surface area contributed by atoms with Crippen LogP contribution in [0.3, 0.4) is 0 Å². The topological polar surface area (TPSA) is 86.8 Å². The number of aryl methyl sites for hydroxylation is 1. The van der Waals surface area contributed by atoms with Gasteiger partial charge in [0.2, 0.25) is 11.8 Å². The van der Waals surface area contributed by atoms with Gasteiger partial charge in [-0.3, -0.25) is 13.9 Å². The van der Waals surface area contributed by atoms with E-state index in [1.165, 1.54) is 29.2 Å². The number of hydrogen-bond donors (Lipinski definition) is 1. The number of sulfonamides is 1. The summed E-state index contributed by atoms with van der Waals surface area (Å²) in [7, 11) is -4.17. The molecule has 0 bridgehead atoms. The Hall–Kier alpha value is -2.78. The number of benzene rings is 3. The molecule has 0 unspecified atom stereocenters. The molecule has 3 aromatic rings. The molecule has 0 fully saturated rings. The highest BCUT2D eigenvalue weighted by Gasteiger charge is 2.34. The molecule has 0 heterocycles. The number of anilines is 1. The molecular weight excluding hydrogens is 605 g/mol. The standard InChI is InChI=1S/C30H34Cl3N3O4S/c1-5-21(4)34-30(38)28(6-2)35(18-22-9-16-26(32)27(33)17-22)29(37)19-36(24-12-10-23(31)11-13-24)41(39,40)25-14-7-20(3)8-15-25/h7-17,21,28H,5-6,18-19H2,1-4H3,(H,34,38)/t21-,28-/m0/s1. The second kappa shape index (κ2) is 14.4. The third-order valence-electron chi connectivity index (χ3n) is 6.73. The molecule has 11 heteroatoms. The zero-order chi connectivity index (χ0) is 30.3. The minimum absolute atomic E-state index is 0.0151. The number of amides is 2. The largest absolute Gasteiger partial charge is 0.352 e. The summed E-state index contributed by atoms with van der Waals surface area (Å²) in [6, 6.07) is 16.6. The van der Waals surface area contributed by atoms with Crippen molar-refractivity contribution < 1.29 is 18.0 Å². The van der Waals surface area contributed by atoms with Crippen LogP contribution < -0.4 is 9.62 Å². The maximum Gasteiger partial charge on any atom is 0.264 e. The molecule has 7 nitrogen and oxygen atoms in total. The van der Waals surface area contributed by atoms with Crippen LogP contribution >= 0.6 is 34.8 Å². The predicted octanol–water partition coefficient (Wildman–Crippen LogP) is 6.87. The van der Waals surface area contributed by atoms with Crippen LogP contribution in [0.2, 0.25) is 15.1 Å². The van der Waals surface area contributed by atoms with Crippen LogP contribution in [-0.2, 0) is 26.2 Å². The van der Waals surface area contributed by atoms with Crippen molar-refractivity contribution in [3.63, 3.8) is 0 Å². The van der Waals surface area contributed by atoms with Crippen LogP contribution in [-0.4, -0.2) is 43.8 Å². The highest BCUT2D eigenvalue weighted by molar-refractivity contribution is 7.92. The van der Waals surface area contributed by atoms with Crippen molar-refractivity contribution in [1.82, 2.24) is 10.2 Å². The molecule has 2 amide bonds. The first kappa shape index (κ1) is 32.7. The maximum absolute atomic E-state index is 14.1. The van der Waals surface area contributed by atoms with Gasteiger partial charge in [0.25, 0.3) is 10.0 Å². The van der Waals surface area contributed by atoms with Crippen molar-refractivity contribution >= 4 is 62.3 Å². The first-order valence-corrected chi connectivity index (χ1v) is 15.8. The second-order valence-corrected chi connectivity index (χ2v) is 12.9. The molecule has 2 atom stereocenters. The van der Waals surface area contributed by atoms with Gasteiger partial charge in [-0.1, -0.05) is 72.4 Å². The minimum atomic E-state index is -4.17. The van der Waals surface area contributed by atoms with Gasteiger partial charge in [0.15, 0.2) is 0 Å². The SMILES string of the molecule is CC[C@H](C)NC(=O)[C@H](CC)N(Cc1ccc(Cl)c(Cl)c1)C(=O)CN(c1ccc(Cl)cc1)S(=O)(=O)c1ccc(C)cc1. The van der Waals surface area contributed by atoms with E-state index >= 15 is 0 Å². The predicted molar refractivity (Wildman–Crippen MR) is 166 cm³/mol. The Labute approximate surface area is 257 Å². The van der Waals surface area contributed by atoms with E-state index in [-0.39, 0.29) is 29.1 Å². The monoisotopic (exact) mass is 637 g/mol. The van der Waals surface area contributed by atoms with E-state index in [9.17, 15) is 18.0 Å². The average Bonchev–Trinajstić information content (AvgIpc) is 2.94. The fourth-order valence-electron chi connectivity index (χ4n) is 4.17. The van der Waals surface area contributed by atoms with Crippen molar-refractivity contribution in [2.24, 2.45) is 0 Å². The van der Waals surface area contributed by atoms with Crippen molar-refractivity contribution in [3.8, 4) is 0 Å². The van der Waals surface area contributed by atoms with Gasteiger partial charge in [-0.05, 0) is 80.8 Å². The van der Waals surface area contributed by atoms with Gasteiger partial charge in [0.05, 0.1) is 20.6 Å². The van der Waals surface area contributed by atoms with E-state index in [1.807, 2.05) is 20.8 Å². The van der Waals surface area contributed by atoms with E-state index in [0.29, 0.717) is 33.5 Å². The third kappa shape index (κ3) is 8.38. The maximum atomic E-state index is 14.1. The number of nitrogens with zero attached hydrogens (tertiary/aromatic N) is 2. The Kier molecular flexibility index (Phi) is 11.5. The molecule has 3 rings (SSSR count). The van der Waals surface area contributed by atoms with Crippen LogP contribution in [0.5, 0.6) is 0 Å². The van der Waals surface area contributed by atoms with Crippen molar-refractivity contribution in [2.45, 2.75) is 64.1 Å². The van der Waals surface area contributed by atoms with Crippen molar-refractivity contribution in [3.05, 3.63) is 92.9 Å². The van der Waals surface area contributed by atoms with Gasteiger partial charge in [-0.25, -0.2) is 8.42 Å². The van der Waals surface area contributed by atoms with E-state index in [1.54, 1.807) is 49.4 Å². The van der Waals surface area contributed by atoms with Crippen molar-refractivity contribution in [1.29, 1.82) is 0 Å². The fraction of sp³-hybridized carbons (Fsp3) is 0.333. The smallest absolute Gasteiger partial charge is 0.264 e. The van der Waals surface area contributed by atoms with Crippen LogP contribution in [0, 0.1) is 6.92 Å². The molecule has 0 spiro atoms. The Morgan fingerprint density at radius 1 is 0.878 bits per heavy atom. The summed E-state index contributed by atoms with van der Waals surface area (Å²) < 4.78 is 28.8. The lowest BCUT2D eigenvalue weighted by atomic mass is 10.1. The van der Waals surface area contributed by atoms with Gasteiger partial charge in [-0.15, -0.1) is 0 Å². The summed E-state index contributed by atoms with van der Waals surface area (Å²) in [4.78, 5) is 28.9. The Balaban J connectivity index is 2.07. The van der Waals surface area contributed by atoms with Gasteiger partial charge < -0.3 is 10.2 Å². The van der Waals surface area contributed by atoms with Crippen LogP contribution in [0.4, 0.5) is 5.69 Å². The highest BCUT2D eigenvalue weighted by Crippen LogP contribution is 2.27. The first-order valence-electron chi connectivity index (χ1n) is 13.3. The van der Waals surface area contributed by atoms with E-state index in [4.69, 9.17) is 34.8 Å². The molecule has 0 aliphatic rings. The highest BCUT2D eigenvalue weighted by atomic mass is 35.5. The summed E-state index contributed by atoms with van der Waals surface area (Å²) in [5.74, 6) is -0.887. The van der Waals surface area contributed by atoms with Gasteiger partial charge in [0.1, 0.15) is 12.6 Å². The molecule has 41 heavy (non-hydrogen) atoms. The summed E-state index contributed by atoms with van der Waals surface area (Å²) in [5.41, 5.74) is 1.79. The fourth-order valence-corrected chi connectivity index (χ4v) is 6.03. The molecule has 0 aliphatic carbocycles. The Morgan fingerprint density at radius 3 is 2.07 bits per heavy atom. The normalized spacial score (nSPS) is 12.9. The van der Waals surface area contributed by atoms with Crippen LogP contribution in [0.25, 0.3) is 0 Å². The van der Waals surface area contributed by atoms with E-state index < -0.39 is 28.5 Å². The van der Waals surface area contributed by atoms with Crippen molar-refractivity contribution in [2.75, 3.05) is 10.8 Å². The lowest BCUT2D eigenvalue weighted by Crippen LogP contribution is -2.53. The first-order chi connectivity index (χ1) is 19.4. The lowest BCUT2D eigenvalue weighted by Gasteiger charge is -2.33. The molecule has 3 aromatic carbocycles. The molecule has 0 aliphatic heterocycles. The van der Waals surface area contributed by atoms with Gasteiger partial charge in [-0.2, -0.15) is 0 Å². The van der Waals surface area contributed by atoms with E-state index in [0.717, 1.165) is 9.87 Å². The zero-order valence-corrected chi connectivity index (χ0v) is 26.5. The molecular formula is C30H34Cl3N3O4S. The molecule has 0 saturated carbocycles. The lowest BCUT2D eigenvalue weighted by molar-refractivity contribution is -0.140. The van der Waals surface area contributed by atoms with Gasteiger partial charge >= 0.3 is 0 Å². The Bertz CT molecular complexity index is 1470. The van der Waals surface area contributed by atoms with Gasteiger partial charge in [0, 0.05) is 17.6 Å². The molecule has 0 saturated heterocycles. The quantitative estimate of drug-likeness (QED) is 0.235. The van der Waals surface area contributed by atoms with E-state index in [2.05, 4.69) is 5.32 Å². The molecule has 0 radical (unpaired) electrons. The Morgan fingerprint density at radius 2 is 1.51 bits per heavy atom. The number of rotatable bonds is 12. The van der Waals surface area contributed by atoms with Crippen LogP contribution in [0.1, 0.15) is 44.7 Å². The number of hydrogen-bond acceptors (Lipinski definition) is 4. The summed E-state index contributed by atoms with van der Waals surface area (Å²) in [5, 5.41) is 4.03. The number of carbonyl (C=O) groups excluding carboxylic acids is 2. The summed E-state index contributed by atoms with van der Waals surface area (Å²) >= 11 is 18.4. The van der Waals surface area contributed by atoms with Crippen LogP contribution in [0.15, 0.2) is 71.6 Å². The molecule has 0 aromatic heterocycles. The summed E-state index contributed by atoms with van der Waals surface area (Å²) in [6.07, 6.45) is 1.02. The minimum Gasteiger partial charge on any atom is -0.352 e. The third-order valence-corrected chi connectivity index (χ3v) is 9.51. The number of carbonyl (C=O) groups is 2. The molecule has 220 valence electrons. The average molecular weight is 639 g/mol. The second-order valence-electron chi connectivity index (χ2n) is 9.81. The zero-order valence-electron chi connectivity index (χ0n) is 23.4. The summed E-state index contributed by atoms with van der Waals surface area (Å²) in [6.45, 7) is 6.95.